The summed E-state index contributed by atoms with van der Waals surface area (Å²) in [4.78, 5) is 0. The molecule has 4 rings (SSSR count). The van der Waals surface area contributed by atoms with Crippen molar-refractivity contribution in [2.45, 2.75) is 37.5 Å². The summed E-state index contributed by atoms with van der Waals surface area (Å²) >= 11 is 0. The van der Waals surface area contributed by atoms with Crippen molar-refractivity contribution in [3.8, 4) is 0 Å². The Kier molecular flexibility index (Phi) is 5.11. The molecule has 2 heteroatoms. The predicted octanol–water partition coefficient (Wildman–Crippen LogP) is 4.05. The van der Waals surface area contributed by atoms with Crippen molar-refractivity contribution in [3.63, 3.8) is 0 Å². The molecule has 3 aromatic rings. The maximum Gasteiger partial charge on any atom is 0.117 e. The fourth-order valence-electron chi connectivity index (χ4n) is 4.57. The van der Waals surface area contributed by atoms with Crippen LogP contribution in [0.5, 0.6) is 0 Å². The fourth-order valence-corrected chi connectivity index (χ4v) is 4.57. The van der Waals surface area contributed by atoms with Gasteiger partial charge >= 0.3 is 0 Å². The van der Waals surface area contributed by atoms with Gasteiger partial charge < -0.3 is 10.4 Å². The summed E-state index contributed by atoms with van der Waals surface area (Å²) in [6.07, 6.45) is 1.45. The minimum absolute atomic E-state index is 0.153. The van der Waals surface area contributed by atoms with E-state index in [0.717, 1.165) is 6.42 Å². The highest BCUT2D eigenvalue weighted by atomic mass is 16.3. The minimum atomic E-state index is -0.739. The summed E-state index contributed by atoms with van der Waals surface area (Å²) in [5.41, 5.74) is 3.04. The molecule has 3 N–H and O–H groups in total. The molecule has 0 aromatic heterocycles. The lowest BCUT2D eigenvalue weighted by Crippen LogP contribution is -2.91. The molecule has 0 spiro atoms. The molecule has 0 radical (unpaired) electrons. The van der Waals surface area contributed by atoms with Crippen LogP contribution in [0.2, 0.25) is 0 Å². The van der Waals surface area contributed by atoms with Gasteiger partial charge in [-0.25, -0.2) is 0 Å². The number of benzene rings is 3. The summed E-state index contributed by atoms with van der Waals surface area (Å²) in [6, 6.07) is 32.1. The van der Waals surface area contributed by atoms with Gasteiger partial charge in [-0.15, -0.1) is 0 Å². The second-order valence-corrected chi connectivity index (χ2v) is 7.90. The Morgan fingerprint density at radius 2 is 1.33 bits per heavy atom. The van der Waals surface area contributed by atoms with Crippen molar-refractivity contribution in [1.29, 1.82) is 0 Å². The third kappa shape index (κ3) is 3.83. The Hall–Kier alpha value is -2.42. The van der Waals surface area contributed by atoms with Gasteiger partial charge in [0.2, 0.25) is 0 Å². The lowest BCUT2D eigenvalue weighted by Gasteiger charge is -2.45. The standard InChI is InChI=1S/C25H27NO/c1-19-24(22-15-9-4-10-16-22)26-23(21-13-7-3-8-14-21)18-25(19,27)17-20-11-5-2-6-12-20/h2-16,19,23-24,26-27H,17-18H2,1H3/p+1/t19-,23+,24+,25-/m1/s1. The SMILES string of the molecule is C[C@@H]1[C@@H](c2ccccc2)[NH2+][C@H](c2ccccc2)C[C@]1(O)Cc1ccccc1. The highest BCUT2D eigenvalue weighted by Gasteiger charge is 2.48. The second-order valence-electron chi connectivity index (χ2n) is 7.90. The molecule has 27 heavy (non-hydrogen) atoms. The Morgan fingerprint density at radius 3 is 1.93 bits per heavy atom. The quantitative estimate of drug-likeness (QED) is 0.725. The third-order valence-electron chi connectivity index (χ3n) is 6.16. The highest BCUT2D eigenvalue weighted by molar-refractivity contribution is 5.25. The molecular weight excluding hydrogens is 330 g/mol. The molecule has 0 saturated carbocycles. The van der Waals surface area contributed by atoms with Crippen LogP contribution in [0.25, 0.3) is 0 Å². The fraction of sp³-hybridized carbons (Fsp3) is 0.280. The first kappa shape index (κ1) is 18.0. The van der Waals surface area contributed by atoms with Crippen LogP contribution in [-0.4, -0.2) is 10.7 Å². The van der Waals surface area contributed by atoms with E-state index >= 15 is 0 Å². The zero-order chi connectivity index (χ0) is 18.7. The first-order valence-corrected chi connectivity index (χ1v) is 9.87. The van der Waals surface area contributed by atoms with E-state index in [2.05, 4.69) is 97.2 Å². The number of aliphatic hydroxyl groups is 1. The number of hydrogen-bond donors (Lipinski definition) is 2. The van der Waals surface area contributed by atoms with Gasteiger partial charge in [0.1, 0.15) is 12.1 Å². The van der Waals surface area contributed by atoms with E-state index < -0.39 is 5.60 Å². The Labute approximate surface area is 161 Å². The molecule has 0 amide bonds. The normalized spacial score (nSPS) is 28.0. The van der Waals surface area contributed by atoms with Crippen LogP contribution < -0.4 is 5.32 Å². The second kappa shape index (κ2) is 7.67. The van der Waals surface area contributed by atoms with Gasteiger partial charge in [0.25, 0.3) is 0 Å². The van der Waals surface area contributed by atoms with Crippen molar-refractivity contribution in [2.75, 3.05) is 0 Å². The molecule has 4 atom stereocenters. The Bertz CT molecular complexity index is 849. The van der Waals surface area contributed by atoms with E-state index in [-0.39, 0.29) is 18.0 Å². The average molecular weight is 359 g/mol. The van der Waals surface area contributed by atoms with Crippen LogP contribution in [0.1, 0.15) is 42.1 Å². The van der Waals surface area contributed by atoms with Gasteiger partial charge in [-0.1, -0.05) is 97.9 Å². The molecule has 1 saturated heterocycles. The molecule has 1 aliphatic rings. The van der Waals surface area contributed by atoms with Crippen molar-refractivity contribution < 1.29 is 10.4 Å². The van der Waals surface area contributed by atoms with Gasteiger partial charge in [0, 0.05) is 29.9 Å². The molecule has 2 nitrogen and oxygen atoms in total. The summed E-state index contributed by atoms with van der Waals surface area (Å²) < 4.78 is 0. The third-order valence-corrected chi connectivity index (χ3v) is 6.16. The number of quaternary nitrogens is 1. The number of piperidine rings is 1. The molecule has 138 valence electrons. The lowest BCUT2D eigenvalue weighted by molar-refractivity contribution is -0.756. The molecular formula is C25H28NO+. The van der Waals surface area contributed by atoms with Gasteiger partial charge in [-0.05, 0) is 5.56 Å². The molecule has 1 aliphatic heterocycles. The Balaban J connectivity index is 1.70. The molecule has 1 fully saturated rings. The summed E-state index contributed by atoms with van der Waals surface area (Å²) in [5.74, 6) is 0.153. The van der Waals surface area contributed by atoms with Gasteiger partial charge in [-0.2, -0.15) is 0 Å². The topological polar surface area (TPSA) is 36.8 Å². The zero-order valence-corrected chi connectivity index (χ0v) is 15.8. The maximum atomic E-state index is 11.8. The van der Waals surface area contributed by atoms with Crippen LogP contribution in [0.3, 0.4) is 0 Å². The van der Waals surface area contributed by atoms with E-state index in [9.17, 15) is 5.11 Å². The zero-order valence-electron chi connectivity index (χ0n) is 15.8. The number of rotatable bonds is 4. The monoisotopic (exact) mass is 358 g/mol. The van der Waals surface area contributed by atoms with E-state index in [1.54, 1.807) is 0 Å². The van der Waals surface area contributed by atoms with Gasteiger partial charge in [-0.3, -0.25) is 0 Å². The highest BCUT2D eigenvalue weighted by Crippen LogP contribution is 2.40. The van der Waals surface area contributed by atoms with Gasteiger partial charge in [0.05, 0.1) is 5.60 Å². The van der Waals surface area contributed by atoms with Crippen molar-refractivity contribution >= 4 is 0 Å². The van der Waals surface area contributed by atoms with Crippen molar-refractivity contribution in [3.05, 3.63) is 108 Å². The van der Waals surface area contributed by atoms with Crippen LogP contribution in [0.4, 0.5) is 0 Å². The summed E-state index contributed by atoms with van der Waals surface area (Å²) in [6.45, 7) is 2.21. The smallest absolute Gasteiger partial charge is 0.117 e. The van der Waals surface area contributed by atoms with Crippen molar-refractivity contribution in [1.82, 2.24) is 0 Å². The molecule has 1 heterocycles. The van der Waals surface area contributed by atoms with Crippen molar-refractivity contribution in [2.24, 2.45) is 5.92 Å². The lowest BCUT2D eigenvalue weighted by atomic mass is 9.69. The molecule has 0 bridgehead atoms. The van der Waals surface area contributed by atoms with E-state index in [4.69, 9.17) is 0 Å². The summed E-state index contributed by atoms with van der Waals surface area (Å²) in [5, 5.41) is 14.3. The van der Waals surface area contributed by atoms with E-state index in [1.165, 1.54) is 16.7 Å². The number of hydrogen-bond acceptors (Lipinski definition) is 1. The molecule has 0 unspecified atom stereocenters. The Morgan fingerprint density at radius 1 is 0.815 bits per heavy atom. The largest absolute Gasteiger partial charge is 0.389 e. The average Bonchev–Trinajstić information content (AvgIpc) is 2.72. The van der Waals surface area contributed by atoms with Crippen LogP contribution in [0.15, 0.2) is 91.0 Å². The van der Waals surface area contributed by atoms with Crippen LogP contribution >= 0.6 is 0 Å². The van der Waals surface area contributed by atoms with Gasteiger partial charge in [0.15, 0.2) is 0 Å². The van der Waals surface area contributed by atoms with Crippen LogP contribution in [-0.2, 0) is 6.42 Å². The first-order chi connectivity index (χ1) is 13.2. The first-order valence-electron chi connectivity index (χ1n) is 9.87. The number of nitrogens with two attached hydrogens (primary N) is 1. The van der Waals surface area contributed by atoms with E-state index in [1.807, 2.05) is 6.07 Å². The van der Waals surface area contributed by atoms with E-state index in [0.29, 0.717) is 6.42 Å². The molecule has 0 aliphatic carbocycles. The maximum absolute atomic E-state index is 11.8. The molecule has 3 aromatic carbocycles. The minimum Gasteiger partial charge on any atom is -0.389 e. The van der Waals surface area contributed by atoms with Crippen LogP contribution in [0, 0.1) is 5.92 Å². The summed E-state index contributed by atoms with van der Waals surface area (Å²) in [7, 11) is 0. The predicted molar refractivity (Wildman–Crippen MR) is 109 cm³/mol.